The second-order valence-corrected chi connectivity index (χ2v) is 7.80. The molecule has 4 rings (SSSR count). The van der Waals surface area contributed by atoms with Crippen molar-refractivity contribution in [1.29, 1.82) is 0 Å². The van der Waals surface area contributed by atoms with E-state index in [4.69, 9.17) is 4.74 Å². The average molecular weight is 442 g/mol. The van der Waals surface area contributed by atoms with E-state index in [9.17, 15) is 4.79 Å². The van der Waals surface area contributed by atoms with Crippen LogP contribution in [0.4, 0.5) is 11.4 Å². The summed E-state index contributed by atoms with van der Waals surface area (Å²) in [7, 11) is 0. The molecule has 0 saturated carbocycles. The first-order valence-corrected chi connectivity index (χ1v) is 10.9. The van der Waals surface area contributed by atoms with Crippen molar-refractivity contribution in [2.24, 2.45) is 0 Å². The molecule has 0 fully saturated rings. The first-order valence-electron chi connectivity index (χ1n) is 10.9. The zero-order valence-corrected chi connectivity index (χ0v) is 18.7. The number of amides is 1. The zero-order chi connectivity index (χ0) is 23.0. The molecule has 4 aromatic rings. The lowest BCUT2D eigenvalue weighted by Crippen LogP contribution is -2.28. The van der Waals surface area contributed by atoms with Crippen molar-refractivity contribution in [1.82, 2.24) is 20.5 Å². The highest BCUT2D eigenvalue weighted by atomic mass is 16.5. The summed E-state index contributed by atoms with van der Waals surface area (Å²) in [5, 5.41) is 14.8. The molecule has 0 unspecified atom stereocenters. The van der Waals surface area contributed by atoms with E-state index < -0.39 is 0 Å². The number of benzene rings is 2. The summed E-state index contributed by atoms with van der Waals surface area (Å²) >= 11 is 0. The normalized spacial score (nSPS) is 11.4. The summed E-state index contributed by atoms with van der Waals surface area (Å²) in [5.41, 5.74) is 4.77. The molecule has 0 atom stereocenters. The molecule has 0 bridgehead atoms. The Bertz CT molecular complexity index is 1250. The van der Waals surface area contributed by atoms with Crippen molar-refractivity contribution in [2.75, 3.05) is 18.5 Å². The van der Waals surface area contributed by atoms with Gasteiger partial charge in [0, 0.05) is 23.8 Å². The van der Waals surface area contributed by atoms with E-state index in [-0.39, 0.29) is 12.0 Å². The molecule has 0 aliphatic heterocycles. The smallest absolute Gasteiger partial charge is 0.253 e. The quantitative estimate of drug-likeness (QED) is 0.317. The van der Waals surface area contributed by atoms with Gasteiger partial charge < -0.3 is 15.4 Å². The Morgan fingerprint density at radius 1 is 1.09 bits per heavy atom. The van der Waals surface area contributed by atoms with Gasteiger partial charge in [-0.2, -0.15) is 5.10 Å². The fraction of sp³-hybridized carbons (Fsp3) is 0.192. The highest BCUT2D eigenvalue weighted by molar-refractivity contribution is 6.00. The van der Waals surface area contributed by atoms with Crippen LogP contribution < -0.4 is 10.6 Å². The minimum Gasteiger partial charge on any atom is -0.377 e. The molecule has 2 heterocycles. The lowest BCUT2D eigenvalue weighted by atomic mass is 10.1. The lowest BCUT2D eigenvalue weighted by Gasteiger charge is -2.13. The molecule has 0 aliphatic rings. The molecule has 33 heavy (non-hydrogen) atoms. The van der Waals surface area contributed by atoms with E-state index in [1.807, 2.05) is 80.6 Å². The van der Waals surface area contributed by atoms with Crippen LogP contribution in [0.2, 0.25) is 0 Å². The van der Waals surface area contributed by atoms with Crippen LogP contribution in [0.25, 0.3) is 23.1 Å². The summed E-state index contributed by atoms with van der Waals surface area (Å²) in [5.74, 6) is -0.144. The van der Waals surface area contributed by atoms with Crippen molar-refractivity contribution >= 4 is 40.3 Å². The first kappa shape index (κ1) is 22.2. The summed E-state index contributed by atoms with van der Waals surface area (Å²) in [4.78, 5) is 17.0. The molecule has 7 heteroatoms. The molecule has 168 valence electrons. The second-order valence-electron chi connectivity index (χ2n) is 7.80. The number of rotatable bonds is 9. The number of H-pyrrole nitrogens is 1. The van der Waals surface area contributed by atoms with Gasteiger partial charge in [-0.25, -0.2) is 0 Å². The summed E-state index contributed by atoms with van der Waals surface area (Å²) in [6, 6.07) is 19.2. The Morgan fingerprint density at radius 3 is 2.76 bits per heavy atom. The van der Waals surface area contributed by atoms with Crippen LogP contribution in [0.15, 0.2) is 66.9 Å². The minimum absolute atomic E-state index is 0.138. The number of hydrogen-bond donors (Lipinski definition) is 3. The fourth-order valence-corrected chi connectivity index (χ4v) is 3.38. The van der Waals surface area contributed by atoms with E-state index in [0.717, 1.165) is 33.7 Å². The Kier molecular flexibility index (Phi) is 7.12. The van der Waals surface area contributed by atoms with Gasteiger partial charge in [-0.3, -0.25) is 14.9 Å². The number of aromatic amines is 1. The van der Waals surface area contributed by atoms with E-state index in [1.165, 1.54) is 0 Å². The van der Waals surface area contributed by atoms with Gasteiger partial charge in [-0.1, -0.05) is 18.2 Å². The van der Waals surface area contributed by atoms with E-state index in [0.29, 0.717) is 18.7 Å². The number of para-hydroxylation sites is 1. The molecule has 7 nitrogen and oxygen atoms in total. The van der Waals surface area contributed by atoms with Gasteiger partial charge in [0.05, 0.1) is 40.9 Å². The largest absolute Gasteiger partial charge is 0.377 e. The summed E-state index contributed by atoms with van der Waals surface area (Å²) < 4.78 is 5.49. The summed E-state index contributed by atoms with van der Waals surface area (Å²) in [6.45, 7) is 4.88. The van der Waals surface area contributed by atoms with Gasteiger partial charge in [-0.05, 0) is 68.5 Å². The van der Waals surface area contributed by atoms with Crippen LogP contribution in [0.5, 0.6) is 0 Å². The van der Waals surface area contributed by atoms with Crippen LogP contribution in [0.3, 0.4) is 0 Å². The maximum Gasteiger partial charge on any atom is 0.253 e. The van der Waals surface area contributed by atoms with Gasteiger partial charge in [0.15, 0.2) is 0 Å². The number of anilines is 2. The maximum absolute atomic E-state index is 12.7. The van der Waals surface area contributed by atoms with Crippen LogP contribution in [0.1, 0.15) is 35.6 Å². The third-order valence-corrected chi connectivity index (χ3v) is 4.98. The zero-order valence-electron chi connectivity index (χ0n) is 18.7. The highest BCUT2D eigenvalue weighted by Gasteiger charge is 2.12. The van der Waals surface area contributed by atoms with Gasteiger partial charge in [0.1, 0.15) is 0 Å². The van der Waals surface area contributed by atoms with Gasteiger partial charge >= 0.3 is 0 Å². The lowest BCUT2D eigenvalue weighted by molar-refractivity contribution is 0.0747. The van der Waals surface area contributed by atoms with Crippen LogP contribution in [0, 0.1) is 0 Å². The molecule has 0 aliphatic carbocycles. The SMILES string of the molecule is CC(C)OCCNC(=O)c1ccccc1Nc1ccc2c(/C=C/c3ccccn3)n[nH]c2c1. The molecule has 1 amide bonds. The molecular formula is C26H27N5O2. The number of carbonyl (C=O) groups is 1. The number of nitrogens with zero attached hydrogens (tertiary/aromatic N) is 2. The Morgan fingerprint density at radius 2 is 1.94 bits per heavy atom. The second kappa shape index (κ2) is 10.6. The van der Waals surface area contributed by atoms with Gasteiger partial charge in [-0.15, -0.1) is 0 Å². The van der Waals surface area contributed by atoms with E-state index in [2.05, 4.69) is 25.8 Å². The predicted molar refractivity (Wildman–Crippen MR) is 132 cm³/mol. The molecular weight excluding hydrogens is 414 g/mol. The van der Waals surface area contributed by atoms with Crippen molar-refractivity contribution in [3.05, 3.63) is 83.8 Å². The van der Waals surface area contributed by atoms with Crippen LogP contribution >= 0.6 is 0 Å². The molecule has 0 spiro atoms. The average Bonchev–Trinajstić information content (AvgIpc) is 3.23. The number of hydrogen-bond acceptors (Lipinski definition) is 5. The topological polar surface area (TPSA) is 91.9 Å². The number of carbonyl (C=O) groups excluding carboxylic acids is 1. The Balaban J connectivity index is 1.47. The van der Waals surface area contributed by atoms with Crippen LogP contribution in [-0.4, -0.2) is 40.3 Å². The van der Waals surface area contributed by atoms with Crippen molar-refractivity contribution in [3.63, 3.8) is 0 Å². The Labute approximate surface area is 192 Å². The van der Waals surface area contributed by atoms with Crippen molar-refractivity contribution in [2.45, 2.75) is 20.0 Å². The monoisotopic (exact) mass is 441 g/mol. The molecule has 2 aromatic heterocycles. The maximum atomic E-state index is 12.7. The van der Waals surface area contributed by atoms with Crippen molar-refractivity contribution in [3.8, 4) is 0 Å². The van der Waals surface area contributed by atoms with E-state index >= 15 is 0 Å². The summed E-state index contributed by atoms with van der Waals surface area (Å²) in [6.07, 6.45) is 5.77. The van der Waals surface area contributed by atoms with Crippen LogP contribution in [-0.2, 0) is 4.74 Å². The highest BCUT2D eigenvalue weighted by Crippen LogP contribution is 2.26. The number of aromatic nitrogens is 3. The number of nitrogens with one attached hydrogen (secondary N) is 3. The molecule has 0 radical (unpaired) electrons. The van der Waals surface area contributed by atoms with Gasteiger partial charge in [0.25, 0.3) is 5.91 Å². The minimum atomic E-state index is -0.144. The number of fused-ring (bicyclic) bond motifs is 1. The third kappa shape index (κ3) is 5.84. The Hall–Kier alpha value is -3.97. The number of ether oxygens (including phenoxy) is 1. The van der Waals surface area contributed by atoms with E-state index in [1.54, 1.807) is 12.3 Å². The molecule has 3 N–H and O–H groups in total. The third-order valence-electron chi connectivity index (χ3n) is 4.98. The predicted octanol–water partition coefficient (Wildman–Crippen LogP) is 5.03. The standard InChI is InChI=1S/C26H27N5O2/c1-18(2)33-16-15-28-26(32)22-8-3-4-9-23(22)29-20-10-12-21-24(30-31-25(21)17-20)13-11-19-7-5-6-14-27-19/h3-14,17-18,29H,15-16H2,1-2H3,(H,28,32)(H,30,31)/b13-11+. The first-order chi connectivity index (χ1) is 16.1. The van der Waals surface area contributed by atoms with Crippen molar-refractivity contribution < 1.29 is 9.53 Å². The fourth-order valence-electron chi connectivity index (χ4n) is 3.38. The molecule has 2 aromatic carbocycles. The molecule has 0 saturated heterocycles. The number of pyridine rings is 1. The van der Waals surface area contributed by atoms with Gasteiger partial charge in [0.2, 0.25) is 0 Å².